The van der Waals surface area contributed by atoms with Crippen LogP contribution >= 0.6 is 0 Å². The highest BCUT2D eigenvalue weighted by Crippen LogP contribution is 2.24. The lowest BCUT2D eigenvalue weighted by molar-refractivity contribution is -0.124. The first-order valence-corrected chi connectivity index (χ1v) is 9.50. The number of ether oxygens (including phenoxy) is 1. The molecule has 1 fully saturated rings. The summed E-state index contributed by atoms with van der Waals surface area (Å²) in [4.78, 5) is 16.8. The van der Waals surface area contributed by atoms with Gasteiger partial charge < -0.3 is 14.5 Å². The standard InChI is InChI=1S/C21H24N4O3/c1-13-11-14(2)25(24-13)12-18-15(3)28-21(23-18)16-6-8-17(9-7-16)22-20(26)19-5-4-10-27-19/h6-9,11,19H,4-5,10,12H2,1-3H3,(H,22,26)/t19-/m1/s1. The second kappa shape index (κ2) is 7.59. The van der Waals surface area contributed by atoms with Gasteiger partial charge in [-0.05, 0) is 63.9 Å². The molecule has 7 heteroatoms. The molecule has 0 radical (unpaired) electrons. The van der Waals surface area contributed by atoms with Gasteiger partial charge >= 0.3 is 0 Å². The van der Waals surface area contributed by atoms with E-state index in [0.717, 1.165) is 46.9 Å². The number of rotatable bonds is 5. The summed E-state index contributed by atoms with van der Waals surface area (Å²) in [5, 5.41) is 7.38. The van der Waals surface area contributed by atoms with E-state index in [1.807, 2.05) is 55.8 Å². The van der Waals surface area contributed by atoms with E-state index in [-0.39, 0.29) is 12.0 Å². The second-order valence-electron chi connectivity index (χ2n) is 7.17. The van der Waals surface area contributed by atoms with Crippen molar-refractivity contribution >= 4 is 11.6 Å². The zero-order chi connectivity index (χ0) is 19.7. The number of aryl methyl sites for hydroxylation is 3. The Hall–Kier alpha value is -2.93. The van der Waals surface area contributed by atoms with Gasteiger partial charge in [0.05, 0.1) is 12.2 Å². The van der Waals surface area contributed by atoms with Crippen molar-refractivity contribution in [2.45, 2.75) is 46.3 Å². The maximum atomic E-state index is 12.1. The first-order valence-electron chi connectivity index (χ1n) is 9.50. The fourth-order valence-electron chi connectivity index (χ4n) is 3.38. The third-order valence-corrected chi connectivity index (χ3v) is 4.92. The van der Waals surface area contributed by atoms with Crippen LogP contribution in [-0.4, -0.2) is 33.4 Å². The van der Waals surface area contributed by atoms with E-state index >= 15 is 0 Å². The first-order chi connectivity index (χ1) is 13.5. The van der Waals surface area contributed by atoms with Gasteiger partial charge in [0.15, 0.2) is 0 Å². The largest absolute Gasteiger partial charge is 0.441 e. The number of amides is 1. The molecule has 3 aromatic rings. The minimum atomic E-state index is -0.342. The summed E-state index contributed by atoms with van der Waals surface area (Å²) < 4.78 is 13.2. The smallest absolute Gasteiger partial charge is 0.253 e. The number of carbonyl (C=O) groups excluding carboxylic acids is 1. The summed E-state index contributed by atoms with van der Waals surface area (Å²) in [7, 11) is 0. The second-order valence-corrected chi connectivity index (χ2v) is 7.17. The minimum Gasteiger partial charge on any atom is -0.441 e. The third-order valence-electron chi connectivity index (χ3n) is 4.92. The molecule has 1 aliphatic heterocycles. The lowest BCUT2D eigenvalue weighted by Crippen LogP contribution is -2.26. The average Bonchev–Trinajstić information content (AvgIpc) is 3.38. The van der Waals surface area contributed by atoms with Gasteiger partial charge in [0.1, 0.15) is 17.6 Å². The van der Waals surface area contributed by atoms with Crippen LogP contribution in [0.4, 0.5) is 5.69 Å². The van der Waals surface area contributed by atoms with Gasteiger partial charge in [-0.3, -0.25) is 9.48 Å². The van der Waals surface area contributed by atoms with E-state index in [1.54, 1.807) is 0 Å². The number of nitrogens with one attached hydrogen (secondary N) is 1. The summed E-state index contributed by atoms with van der Waals surface area (Å²) in [6, 6.07) is 9.53. The van der Waals surface area contributed by atoms with Crippen LogP contribution in [0.5, 0.6) is 0 Å². The monoisotopic (exact) mass is 380 g/mol. The third kappa shape index (κ3) is 3.84. The highest BCUT2D eigenvalue weighted by atomic mass is 16.5. The first kappa shape index (κ1) is 18.4. The maximum absolute atomic E-state index is 12.1. The number of aromatic nitrogens is 3. The number of hydrogen-bond acceptors (Lipinski definition) is 5. The van der Waals surface area contributed by atoms with Crippen molar-refractivity contribution < 1.29 is 13.9 Å². The summed E-state index contributed by atoms with van der Waals surface area (Å²) in [6.07, 6.45) is 1.36. The summed E-state index contributed by atoms with van der Waals surface area (Å²) in [6.45, 7) is 7.14. The van der Waals surface area contributed by atoms with Crippen molar-refractivity contribution in [3.63, 3.8) is 0 Å². The highest BCUT2D eigenvalue weighted by Gasteiger charge is 2.23. The number of benzene rings is 1. The van der Waals surface area contributed by atoms with E-state index in [2.05, 4.69) is 15.4 Å². The molecule has 7 nitrogen and oxygen atoms in total. The zero-order valence-corrected chi connectivity index (χ0v) is 16.4. The van der Waals surface area contributed by atoms with Crippen LogP contribution in [-0.2, 0) is 16.1 Å². The lowest BCUT2D eigenvalue weighted by atomic mass is 10.2. The molecule has 1 aromatic carbocycles. The normalized spacial score (nSPS) is 16.5. The zero-order valence-electron chi connectivity index (χ0n) is 16.4. The summed E-state index contributed by atoms with van der Waals surface area (Å²) in [5.41, 5.74) is 4.53. The fraction of sp³-hybridized carbons (Fsp3) is 0.381. The number of anilines is 1. The Labute approximate surface area is 163 Å². The molecular weight excluding hydrogens is 356 g/mol. The summed E-state index contributed by atoms with van der Waals surface area (Å²) in [5.74, 6) is 1.24. The average molecular weight is 380 g/mol. The topological polar surface area (TPSA) is 82.2 Å². The predicted molar refractivity (Wildman–Crippen MR) is 105 cm³/mol. The van der Waals surface area contributed by atoms with E-state index in [0.29, 0.717) is 19.0 Å². The van der Waals surface area contributed by atoms with Crippen LogP contribution in [0, 0.1) is 20.8 Å². The van der Waals surface area contributed by atoms with Crippen molar-refractivity contribution in [1.29, 1.82) is 0 Å². The number of nitrogens with zero attached hydrogens (tertiary/aromatic N) is 3. The fourth-order valence-corrected chi connectivity index (χ4v) is 3.38. The highest BCUT2D eigenvalue weighted by molar-refractivity contribution is 5.94. The Bertz CT molecular complexity index is 982. The van der Waals surface area contributed by atoms with Crippen LogP contribution in [0.25, 0.3) is 11.5 Å². The number of carbonyl (C=O) groups is 1. The van der Waals surface area contributed by atoms with Gasteiger partial charge in [-0.1, -0.05) is 0 Å². The van der Waals surface area contributed by atoms with Gasteiger partial charge in [0.2, 0.25) is 5.89 Å². The molecular formula is C21H24N4O3. The van der Waals surface area contributed by atoms with Gasteiger partial charge in [-0.2, -0.15) is 5.10 Å². The SMILES string of the molecule is Cc1cc(C)n(Cc2nc(-c3ccc(NC(=O)[C@H]4CCCO4)cc3)oc2C)n1. The van der Waals surface area contributed by atoms with Crippen molar-refractivity contribution in [3.05, 3.63) is 53.2 Å². The van der Waals surface area contributed by atoms with Crippen molar-refractivity contribution in [1.82, 2.24) is 14.8 Å². The molecule has 0 spiro atoms. The molecule has 146 valence electrons. The van der Waals surface area contributed by atoms with Gasteiger partial charge in [0, 0.05) is 23.6 Å². The Balaban J connectivity index is 1.47. The summed E-state index contributed by atoms with van der Waals surface area (Å²) >= 11 is 0. The lowest BCUT2D eigenvalue weighted by Gasteiger charge is -2.10. The molecule has 3 heterocycles. The van der Waals surface area contributed by atoms with E-state index in [4.69, 9.17) is 9.15 Å². The number of hydrogen-bond donors (Lipinski definition) is 1. The Morgan fingerprint density at radius 3 is 2.68 bits per heavy atom. The van der Waals surface area contributed by atoms with E-state index in [9.17, 15) is 4.79 Å². The molecule has 4 rings (SSSR count). The molecule has 1 aliphatic rings. The Morgan fingerprint density at radius 1 is 1.25 bits per heavy atom. The molecule has 0 bridgehead atoms. The predicted octanol–water partition coefficient (Wildman–Crippen LogP) is 3.63. The molecule has 1 saturated heterocycles. The van der Waals surface area contributed by atoms with Crippen molar-refractivity contribution in [2.75, 3.05) is 11.9 Å². The molecule has 2 aromatic heterocycles. The van der Waals surface area contributed by atoms with Crippen molar-refractivity contribution in [3.8, 4) is 11.5 Å². The molecule has 0 unspecified atom stereocenters. The van der Waals surface area contributed by atoms with Crippen LogP contribution in [0.3, 0.4) is 0 Å². The van der Waals surface area contributed by atoms with Crippen LogP contribution < -0.4 is 5.32 Å². The Morgan fingerprint density at radius 2 is 2.04 bits per heavy atom. The van der Waals surface area contributed by atoms with E-state index in [1.165, 1.54) is 0 Å². The molecule has 1 N–H and O–H groups in total. The molecule has 1 atom stereocenters. The van der Waals surface area contributed by atoms with Crippen LogP contribution in [0.1, 0.15) is 35.7 Å². The Kier molecular flexibility index (Phi) is 5.00. The quantitative estimate of drug-likeness (QED) is 0.731. The minimum absolute atomic E-state index is 0.0932. The molecule has 1 amide bonds. The maximum Gasteiger partial charge on any atom is 0.253 e. The molecule has 0 saturated carbocycles. The van der Waals surface area contributed by atoms with Crippen molar-refractivity contribution in [2.24, 2.45) is 0 Å². The van der Waals surface area contributed by atoms with Gasteiger partial charge in [-0.15, -0.1) is 0 Å². The van der Waals surface area contributed by atoms with E-state index < -0.39 is 0 Å². The molecule has 28 heavy (non-hydrogen) atoms. The van der Waals surface area contributed by atoms with Gasteiger partial charge in [-0.25, -0.2) is 4.98 Å². The van der Waals surface area contributed by atoms with Crippen LogP contribution in [0.2, 0.25) is 0 Å². The van der Waals surface area contributed by atoms with Crippen LogP contribution in [0.15, 0.2) is 34.7 Å². The number of oxazole rings is 1. The molecule has 0 aliphatic carbocycles. The van der Waals surface area contributed by atoms with Gasteiger partial charge in [0.25, 0.3) is 5.91 Å².